The van der Waals surface area contributed by atoms with E-state index in [9.17, 15) is 0 Å². The van der Waals surface area contributed by atoms with Crippen LogP contribution >= 0.6 is 15.9 Å². The summed E-state index contributed by atoms with van der Waals surface area (Å²) in [6, 6.07) is 6.15. The third-order valence-corrected chi connectivity index (χ3v) is 3.21. The van der Waals surface area contributed by atoms with Gasteiger partial charge >= 0.3 is 0 Å². The number of nitrogens with zero attached hydrogens (tertiary/aromatic N) is 2. The summed E-state index contributed by atoms with van der Waals surface area (Å²) in [5.41, 5.74) is 2.23. The van der Waals surface area contributed by atoms with Crippen molar-refractivity contribution in [2.45, 2.75) is 33.2 Å². The summed E-state index contributed by atoms with van der Waals surface area (Å²) in [7, 11) is 0. The molecule has 96 valence electrons. The molecule has 0 radical (unpaired) electrons. The maximum atomic E-state index is 5.17. The van der Waals surface area contributed by atoms with Gasteiger partial charge < -0.3 is 9.84 Å². The third kappa shape index (κ3) is 3.10. The molecule has 1 aromatic carbocycles. The summed E-state index contributed by atoms with van der Waals surface area (Å²) >= 11 is 3.52. The highest BCUT2D eigenvalue weighted by Crippen LogP contribution is 2.23. The van der Waals surface area contributed by atoms with Crippen LogP contribution in [-0.2, 0) is 6.54 Å². The first-order valence-electron chi connectivity index (χ1n) is 5.89. The van der Waals surface area contributed by atoms with E-state index < -0.39 is 0 Å². The summed E-state index contributed by atoms with van der Waals surface area (Å²) in [6.07, 6.45) is 0. The van der Waals surface area contributed by atoms with Gasteiger partial charge in [0.05, 0.1) is 6.54 Å². The predicted octanol–water partition coefficient (Wildman–Crippen LogP) is 3.88. The second-order valence-corrected chi connectivity index (χ2v) is 5.39. The van der Waals surface area contributed by atoms with Crippen LogP contribution in [0.3, 0.4) is 0 Å². The number of rotatable bonds is 4. The van der Waals surface area contributed by atoms with E-state index in [1.165, 1.54) is 5.56 Å². The highest BCUT2D eigenvalue weighted by Gasteiger charge is 2.09. The number of aromatic nitrogens is 2. The van der Waals surface area contributed by atoms with Crippen molar-refractivity contribution in [1.29, 1.82) is 0 Å². The molecular formula is C13H16BrN3O. The van der Waals surface area contributed by atoms with E-state index in [1.807, 2.05) is 19.9 Å². The number of benzene rings is 1. The smallest absolute Gasteiger partial charge is 0.245 e. The number of halogens is 1. The SMILES string of the molecule is Cc1ccc(NCc2nc(C(C)C)no2)c(Br)c1. The third-order valence-electron chi connectivity index (χ3n) is 2.55. The second-order valence-electron chi connectivity index (χ2n) is 4.54. The van der Waals surface area contributed by atoms with Crippen LogP contribution in [-0.4, -0.2) is 10.1 Å². The lowest BCUT2D eigenvalue weighted by Gasteiger charge is -2.06. The Balaban J connectivity index is 2.02. The molecule has 0 aliphatic rings. The lowest BCUT2D eigenvalue weighted by atomic mass is 10.2. The summed E-state index contributed by atoms with van der Waals surface area (Å²) in [5.74, 6) is 1.63. The zero-order valence-electron chi connectivity index (χ0n) is 10.7. The van der Waals surface area contributed by atoms with Crippen molar-refractivity contribution in [2.24, 2.45) is 0 Å². The van der Waals surface area contributed by atoms with E-state index in [0.717, 1.165) is 16.0 Å². The molecule has 0 aliphatic carbocycles. The standard InChI is InChI=1S/C13H16BrN3O/c1-8(2)13-16-12(18-17-13)7-15-11-5-4-9(3)6-10(11)14/h4-6,8,15H,7H2,1-3H3. The van der Waals surface area contributed by atoms with Gasteiger partial charge in [0.2, 0.25) is 5.89 Å². The molecule has 0 saturated heterocycles. The summed E-state index contributed by atoms with van der Waals surface area (Å²) in [5, 5.41) is 7.19. The lowest BCUT2D eigenvalue weighted by Crippen LogP contribution is -2.01. The highest BCUT2D eigenvalue weighted by atomic mass is 79.9. The van der Waals surface area contributed by atoms with Crippen LogP contribution in [0.25, 0.3) is 0 Å². The molecule has 1 aromatic heterocycles. The quantitative estimate of drug-likeness (QED) is 0.931. The highest BCUT2D eigenvalue weighted by molar-refractivity contribution is 9.10. The van der Waals surface area contributed by atoms with Crippen LogP contribution in [0.15, 0.2) is 27.2 Å². The van der Waals surface area contributed by atoms with Gasteiger partial charge in [0.15, 0.2) is 5.82 Å². The van der Waals surface area contributed by atoms with Gasteiger partial charge in [0, 0.05) is 16.1 Å². The Bertz CT molecular complexity index is 537. The van der Waals surface area contributed by atoms with Crippen LogP contribution < -0.4 is 5.32 Å². The van der Waals surface area contributed by atoms with Gasteiger partial charge in [-0.2, -0.15) is 4.98 Å². The molecule has 0 fully saturated rings. The van der Waals surface area contributed by atoms with Crippen molar-refractivity contribution < 1.29 is 4.52 Å². The Morgan fingerprint density at radius 2 is 2.17 bits per heavy atom. The Kier molecular flexibility index (Phi) is 4.01. The molecule has 2 aromatic rings. The first kappa shape index (κ1) is 13.1. The van der Waals surface area contributed by atoms with Gasteiger partial charge in [-0.25, -0.2) is 0 Å². The molecule has 1 heterocycles. The maximum Gasteiger partial charge on any atom is 0.245 e. The molecule has 0 saturated carbocycles. The topological polar surface area (TPSA) is 51.0 Å². The lowest BCUT2D eigenvalue weighted by molar-refractivity contribution is 0.376. The van der Waals surface area contributed by atoms with E-state index in [0.29, 0.717) is 12.4 Å². The normalized spacial score (nSPS) is 10.9. The van der Waals surface area contributed by atoms with E-state index in [-0.39, 0.29) is 5.92 Å². The van der Waals surface area contributed by atoms with Crippen LogP contribution in [0.4, 0.5) is 5.69 Å². The Morgan fingerprint density at radius 1 is 1.39 bits per heavy atom. The summed E-state index contributed by atoms with van der Waals surface area (Å²) in [4.78, 5) is 4.32. The van der Waals surface area contributed by atoms with E-state index in [1.54, 1.807) is 0 Å². The second kappa shape index (κ2) is 5.52. The van der Waals surface area contributed by atoms with Gasteiger partial charge in [-0.15, -0.1) is 0 Å². The van der Waals surface area contributed by atoms with Crippen molar-refractivity contribution >= 4 is 21.6 Å². The molecular weight excluding hydrogens is 294 g/mol. The fourth-order valence-electron chi connectivity index (χ4n) is 1.51. The number of nitrogens with one attached hydrogen (secondary N) is 1. The monoisotopic (exact) mass is 309 g/mol. The first-order chi connectivity index (χ1) is 8.56. The Morgan fingerprint density at radius 3 is 2.78 bits per heavy atom. The zero-order chi connectivity index (χ0) is 13.1. The molecule has 0 atom stereocenters. The van der Waals surface area contributed by atoms with Crippen LogP contribution in [0.2, 0.25) is 0 Å². The zero-order valence-corrected chi connectivity index (χ0v) is 12.3. The Labute approximate surface area is 115 Å². The van der Waals surface area contributed by atoms with Gasteiger partial charge in [0.1, 0.15) is 0 Å². The molecule has 5 heteroatoms. The fraction of sp³-hybridized carbons (Fsp3) is 0.385. The number of aryl methyl sites for hydroxylation is 1. The molecule has 18 heavy (non-hydrogen) atoms. The van der Waals surface area contributed by atoms with E-state index >= 15 is 0 Å². The van der Waals surface area contributed by atoms with Crippen LogP contribution in [0, 0.1) is 6.92 Å². The molecule has 0 aliphatic heterocycles. The Hall–Kier alpha value is -1.36. The van der Waals surface area contributed by atoms with Gasteiger partial charge in [-0.1, -0.05) is 25.1 Å². The van der Waals surface area contributed by atoms with Gasteiger partial charge in [-0.05, 0) is 40.5 Å². The minimum absolute atomic E-state index is 0.286. The average molecular weight is 310 g/mol. The molecule has 1 N–H and O–H groups in total. The summed E-state index contributed by atoms with van der Waals surface area (Å²) in [6.45, 7) is 6.67. The molecule has 0 bridgehead atoms. The van der Waals surface area contributed by atoms with Crippen molar-refractivity contribution in [3.8, 4) is 0 Å². The van der Waals surface area contributed by atoms with Crippen molar-refractivity contribution in [1.82, 2.24) is 10.1 Å². The maximum absolute atomic E-state index is 5.17. The molecule has 0 unspecified atom stereocenters. The van der Waals surface area contributed by atoms with Crippen LogP contribution in [0.5, 0.6) is 0 Å². The number of hydrogen-bond donors (Lipinski definition) is 1. The average Bonchev–Trinajstić information content (AvgIpc) is 2.76. The predicted molar refractivity (Wildman–Crippen MR) is 74.6 cm³/mol. The largest absolute Gasteiger partial charge is 0.375 e. The first-order valence-corrected chi connectivity index (χ1v) is 6.68. The molecule has 4 nitrogen and oxygen atoms in total. The minimum atomic E-state index is 0.286. The molecule has 0 amide bonds. The molecule has 2 rings (SSSR count). The number of hydrogen-bond acceptors (Lipinski definition) is 4. The molecule has 0 spiro atoms. The number of anilines is 1. The van der Waals surface area contributed by atoms with E-state index in [4.69, 9.17) is 4.52 Å². The van der Waals surface area contributed by atoms with Crippen molar-refractivity contribution in [3.63, 3.8) is 0 Å². The van der Waals surface area contributed by atoms with E-state index in [2.05, 4.69) is 50.4 Å². The van der Waals surface area contributed by atoms with Crippen molar-refractivity contribution in [2.75, 3.05) is 5.32 Å². The fourth-order valence-corrected chi connectivity index (χ4v) is 2.14. The minimum Gasteiger partial charge on any atom is -0.375 e. The van der Waals surface area contributed by atoms with Gasteiger partial charge in [0.25, 0.3) is 0 Å². The van der Waals surface area contributed by atoms with Crippen LogP contribution in [0.1, 0.15) is 37.0 Å². The summed E-state index contributed by atoms with van der Waals surface area (Å²) < 4.78 is 6.21. The van der Waals surface area contributed by atoms with Crippen molar-refractivity contribution in [3.05, 3.63) is 40.0 Å². The van der Waals surface area contributed by atoms with Gasteiger partial charge in [-0.3, -0.25) is 0 Å².